The van der Waals surface area contributed by atoms with Crippen LogP contribution in [0.1, 0.15) is 69.3 Å². The van der Waals surface area contributed by atoms with Crippen LogP contribution >= 0.6 is 11.3 Å². The number of nitrogens with zero attached hydrogens (tertiary/aromatic N) is 1. The fraction of sp³-hybridized carbons (Fsp3) is 0.290. The molecule has 1 aliphatic rings. The van der Waals surface area contributed by atoms with E-state index < -0.39 is 23.9 Å². The number of amides is 1. The maximum absolute atomic E-state index is 13.3. The van der Waals surface area contributed by atoms with Gasteiger partial charge >= 0.3 is 11.9 Å². The van der Waals surface area contributed by atoms with Gasteiger partial charge in [-0.3, -0.25) is 4.79 Å². The molecule has 2 unspecified atom stereocenters. The monoisotopic (exact) mass is 557 g/mol. The van der Waals surface area contributed by atoms with Crippen molar-refractivity contribution in [2.24, 2.45) is 0 Å². The number of hydrogen-bond donors (Lipinski definition) is 2. The smallest absolute Gasteiger partial charge is 0.341 e. The van der Waals surface area contributed by atoms with Crippen LogP contribution in [-0.2, 0) is 27.1 Å². The zero-order chi connectivity index (χ0) is 28.1. The standard InChI is InChI=1S/C31H31N3O5S/c1-3-24(39-30(36)21-12-10-20(11-13-21)27-32-16-17-33-27)28(35)34-29-26(31(37)38-4-2)23-15-14-22(18-25(23)40-29)19-8-6-5-7-9-19/h5-13,16-17,22,24H,3-4,14-15,18H2,1-2H3,(H,32,33)(H,34,35). The number of aromatic amines is 1. The highest BCUT2D eigenvalue weighted by atomic mass is 32.1. The van der Waals surface area contributed by atoms with Gasteiger partial charge in [0, 0.05) is 22.8 Å². The zero-order valence-electron chi connectivity index (χ0n) is 22.4. The summed E-state index contributed by atoms with van der Waals surface area (Å²) >= 11 is 1.40. The third kappa shape index (κ3) is 5.84. The maximum Gasteiger partial charge on any atom is 0.341 e. The Kier molecular flexibility index (Phi) is 8.40. The molecule has 9 heteroatoms. The predicted molar refractivity (Wildman–Crippen MR) is 154 cm³/mol. The topological polar surface area (TPSA) is 110 Å². The molecule has 0 saturated carbocycles. The average molecular weight is 558 g/mol. The molecule has 4 aromatic rings. The number of esters is 2. The van der Waals surface area contributed by atoms with Crippen LogP contribution in [-0.4, -0.2) is 40.5 Å². The maximum atomic E-state index is 13.3. The quantitative estimate of drug-likeness (QED) is 0.239. The van der Waals surface area contributed by atoms with Gasteiger partial charge in [-0.2, -0.15) is 0 Å². The molecule has 206 valence electrons. The lowest BCUT2D eigenvalue weighted by Crippen LogP contribution is -2.32. The van der Waals surface area contributed by atoms with Gasteiger partial charge in [-0.15, -0.1) is 11.3 Å². The van der Waals surface area contributed by atoms with Gasteiger partial charge in [0.1, 0.15) is 10.8 Å². The number of carbonyl (C=O) groups is 3. The van der Waals surface area contributed by atoms with E-state index in [0.717, 1.165) is 35.3 Å². The SMILES string of the molecule is CCOC(=O)c1c(NC(=O)C(CC)OC(=O)c2ccc(-c3ncc[nH]3)cc2)sc2c1CCC(c1ccccc1)C2. The molecular formula is C31H31N3O5S. The van der Waals surface area contributed by atoms with Crippen LogP contribution in [0.15, 0.2) is 67.0 Å². The number of aromatic nitrogens is 2. The molecule has 8 nitrogen and oxygen atoms in total. The van der Waals surface area contributed by atoms with Crippen molar-refractivity contribution in [1.82, 2.24) is 9.97 Å². The number of anilines is 1. The molecule has 0 fully saturated rings. The molecule has 0 radical (unpaired) electrons. The fourth-order valence-corrected chi connectivity index (χ4v) is 6.32. The molecule has 0 bridgehead atoms. The Hall–Kier alpha value is -4.24. The molecule has 40 heavy (non-hydrogen) atoms. The number of ether oxygens (including phenoxy) is 2. The molecule has 0 spiro atoms. The predicted octanol–water partition coefficient (Wildman–Crippen LogP) is 6.16. The van der Waals surface area contributed by atoms with E-state index in [4.69, 9.17) is 9.47 Å². The summed E-state index contributed by atoms with van der Waals surface area (Å²) in [6, 6.07) is 17.1. The summed E-state index contributed by atoms with van der Waals surface area (Å²) in [4.78, 5) is 47.4. The summed E-state index contributed by atoms with van der Waals surface area (Å²) in [6.45, 7) is 3.76. The molecular weight excluding hydrogens is 526 g/mol. The lowest BCUT2D eigenvalue weighted by atomic mass is 9.83. The first-order chi connectivity index (χ1) is 19.5. The van der Waals surface area contributed by atoms with Gasteiger partial charge in [-0.25, -0.2) is 14.6 Å². The molecule has 5 rings (SSSR count). The van der Waals surface area contributed by atoms with Crippen LogP contribution in [0.2, 0.25) is 0 Å². The van der Waals surface area contributed by atoms with E-state index in [1.54, 1.807) is 50.5 Å². The lowest BCUT2D eigenvalue weighted by Gasteiger charge is -2.23. The first-order valence-corrected chi connectivity index (χ1v) is 14.3. The number of thiophene rings is 1. The molecule has 1 amide bonds. The first kappa shape index (κ1) is 27.3. The largest absolute Gasteiger partial charge is 0.462 e. The number of fused-ring (bicyclic) bond motifs is 1. The van der Waals surface area contributed by atoms with Gasteiger partial charge in [0.15, 0.2) is 6.10 Å². The number of hydrogen-bond acceptors (Lipinski definition) is 7. The van der Waals surface area contributed by atoms with Gasteiger partial charge in [0.05, 0.1) is 17.7 Å². The first-order valence-electron chi connectivity index (χ1n) is 13.5. The fourth-order valence-electron chi connectivity index (χ4n) is 5.00. The van der Waals surface area contributed by atoms with Crippen molar-refractivity contribution >= 4 is 34.2 Å². The van der Waals surface area contributed by atoms with Crippen molar-refractivity contribution in [3.05, 3.63) is 94.1 Å². The second kappa shape index (κ2) is 12.3. The second-order valence-electron chi connectivity index (χ2n) is 9.59. The highest BCUT2D eigenvalue weighted by Crippen LogP contribution is 2.43. The highest BCUT2D eigenvalue weighted by molar-refractivity contribution is 7.17. The Morgan fingerprint density at radius 1 is 1.07 bits per heavy atom. The van der Waals surface area contributed by atoms with Gasteiger partial charge in [0.2, 0.25) is 0 Å². The number of imidazole rings is 1. The molecule has 2 N–H and O–H groups in total. The van der Waals surface area contributed by atoms with Crippen LogP contribution in [0.25, 0.3) is 11.4 Å². The number of nitrogens with one attached hydrogen (secondary N) is 2. The molecule has 0 aliphatic heterocycles. The molecule has 0 saturated heterocycles. The van der Waals surface area contributed by atoms with Crippen molar-refractivity contribution in [2.45, 2.75) is 51.6 Å². The normalized spacial score (nSPS) is 15.1. The number of H-pyrrole nitrogens is 1. The number of carbonyl (C=O) groups excluding carboxylic acids is 3. The second-order valence-corrected chi connectivity index (χ2v) is 10.7. The lowest BCUT2D eigenvalue weighted by molar-refractivity contribution is -0.124. The van der Waals surface area contributed by atoms with Gasteiger partial charge < -0.3 is 19.8 Å². The van der Waals surface area contributed by atoms with E-state index in [1.807, 2.05) is 18.2 Å². The van der Waals surface area contributed by atoms with Crippen LogP contribution in [0.4, 0.5) is 5.00 Å². The Bertz CT molecular complexity index is 1480. The van der Waals surface area contributed by atoms with Crippen molar-refractivity contribution in [3.63, 3.8) is 0 Å². The molecule has 2 heterocycles. The summed E-state index contributed by atoms with van der Waals surface area (Å²) < 4.78 is 10.9. The average Bonchev–Trinajstić information content (AvgIpc) is 3.64. The number of benzene rings is 2. The summed E-state index contributed by atoms with van der Waals surface area (Å²) in [5, 5.41) is 3.33. The van der Waals surface area contributed by atoms with Crippen LogP contribution in [0.5, 0.6) is 0 Å². The summed E-state index contributed by atoms with van der Waals surface area (Å²) in [7, 11) is 0. The number of rotatable bonds is 9. The van der Waals surface area contributed by atoms with Gasteiger partial charge in [-0.1, -0.05) is 49.4 Å². The highest BCUT2D eigenvalue weighted by Gasteiger charge is 2.32. The van der Waals surface area contributed by atoms with Crippen LogP contribution < -0.4 is 5.32 Å². The molecule has 2 aromatic heterocycles. The Morgan fingerprint density at radius 3 is 2.52 bits per heavy atom. The van der Waals surface area contributed by atoms with Crippen LogP contribution in [0.3, 0.4) is 0 Å². The summed E-state index contributed by atoms with van der Waals surface area (Å²) in [6.07, 6.45) is 5.03. The summed E-state index contributed by atoms with van der Waals surface area (Å²) in [5.41, 5.74) is 3.77. The Morgan fingerprint density at radius 2 is 1.85 bits per heavy atom. The third-order valence-corrected chi connectivity index (χ3v) is 8.23. The summed E-state index contributed by atoms with van der Waals surface area (Å²) in [5.74, 6) is -0.497. The van der Waals surface area contributed by atoms with Crippen molar-refractivity contribution < 1.29 is 23.9 Å². The van der Waals surface area contributed by atoms with Crippen molar-refractivity contribution in [1.29, 1.82) is 0 Å². The Labute approximate surface area is 236 Å². The van der Waals surface area contributed by atoms with Crippen molar-refractivity contribution in [3.8, 4) is 11.4 Å². The molecule has 2 atom stereocenters. The van der Waals surface area contributed by atoms with Crippen LogP contribution in [0, 0.1) is 0 Å². The van der Waals surface area contributed by atoms with E-state index in [1.165, 1.54) is 16.9 Å². The van der Waals surface area contributed by atoms with Gasteiger partial charge in [-0.05, 0) is 61.8 Å². The van der Waals surface area contributed by atoms with E-state index in [0.29, 0.717) is 27.9 Å². The minimum atomic E-state index is -1.02. The van der Waals surface area contributed by atoms with Crippen molar-refractivity contribution in [2.75, 3.05) is 11.9 Å². The minimum Gasteiger partial charge on any atom is -0.462 e. The van der Waals surface area contributed by atoms with Gasteiger partial charge in [0.25, 0.3) is 5.91 Å². The van der Waals surface area contributed by atoms with E-state index in [-0.39, 0.29) is 13.0 Å². The van der Waals surface area contributed by atoms with E-state index >= 15 is 0 Å². The van der Waals surface area contributed by atoms with E-state index in [9.17, 15) is 14.4 Å². The minimum absolute atomic E-state index is 0.234. The molecule has 2 aromatic carbocycles. The Balaban J connectivity index is 1.32. The van der Waals surface area contributed by atoms with E-state index in [2.05, 4.69) is 27.4 Å². The third-order valence-electron chi connectivity index (χ3n) is 7.06. The zero-order valence-corrected chi connectivity index (χ0v) is 23.3. The molecule has 1 aliphatic carbocycles.